The van der Waals surface area contributed by atoms with Crippen LogP contribution < -0.4 is 4.90 Å². The molecule has 0 atom stereocenters. The lowest BCUT2D eigenvalue weighted by Crippen LogP contribution is -2.07. The summed E-state index contributed by atoms with van der Waals surface area (Å²) in [5.74, 6) is 1.51. The maximum Gasteiger partial charge on any atom is 0.219 e. The highest BCUT2D eigenvalue weighted by Gasteiger charge is 2.00. The Labute approximate surface area is 120 Å². The normalized spacial score (nSPS) is 11.6. The van der Waals surface area contributed by atoms with Crippen molar-refractivity contribution in [3.63, 3.8) is 0 Å². The Morgan fingerprint density at radius 1 is 1.00 bits per heavy atom. The zero-order valence-electron chi connectivity index (χ0n) is 12.4. The fourth-order valence-corrected chi connectivity index (χ4v) is 1.76. The molecule has 0 bridgehead atoms. The molecule has 0 aliphatic heterocycles. The van der Waals surface area contributed by atoms with Gasteiger partial charge < -0.3 is 9.32 Å². The lowest BCUT2D eigenvalue weighted by atomic mass is 10.2. The van der Waals surface area contributed by atoms with Crippen LogP contribution in [0.4, 0.5) is 5.69 Å². The molecule has 20 heavy (non-hydrogen) atoms. The van der Waals surface area contributed by atoms with Gasteiger partial charge in [-0.2, -0.15) is 0 Å². The molecular formula is C17H20N2O. The summed E-state index contributed by atoms with van der Waals surface area (Å²) in [7, 11) is 4.07. The largest absolute Gasteiger partial charge is 0.442 e. The lowest BCUT2D eigenvalue weighted by Gasteiger charge is -2.11. The molecule has 0 radical (unpaired) electrons. The van der Waals surface area contributed by atoms with Gasteiger partial charge in [-0.3, -0.25) is 0 Å². The molecule has 3 heteroatoms. The number of benzene rings is 1. The molecule has 2 aromatic rings. The van der Waals surface area contributed by atoms with Crippen molar-refractivity contribution in [1.29, 1.82) is 0 Å². The van der Waals surface area contributed by atoms with Crippen molar-refractivity contribution in [2.24, 2.45) is 0 Å². The smallest absolute Gasteiger partial charge is 0.219 e. The van der Waals surface area contributed by atoms with Crippen molar-refractivity contribution in [1.82, 2.24) is 4.98 Å². The van der Waals surface area contributed by atoms with Gasteiger partial charge in [0, 0.05) is 25.9 Å². The van der Waals surface area contributed by atoms with E-state index in [1.165, 1.54) is 11.3 Å². The van der Waals surface area contributed by atoms with Gasteiger partial charge in [0.2, 0.25) is 5.89 Å². The van der Waals surface area contributed by atoms with E-state index in [4.69, 9.17) is 4.42 Å². The standard InChI is InChI=1S/C17H20N2O/c1-13-14(2)20-17(18-13)8-6-5-7-15-9-11-16(12-10-15)19(3)4/h5-12H,1-4H3. The van der Waals surface area contributed by atoms with E-state index in [0.717, 1.165) is 11.5 Å². The van der Waals surface area contributed by atoms with E-state index < -0.39 is 0 Å². The fourth-order valence-electron chi connectivity index (χ4n) is 1.76. The van der Waals surface area contributed by atoms with Crippen LogP contribution in [0, 0.1) is 13.8 Å². The van der Waals surface area contributed by atoms with Crippen LogP contribution >= 0.6 is 0 Å². The maximum absolute atomic E-state index is 5.47. The van der Waals surface area contributed by atoms with E-state index in [1.54, 1.807) is 0 Å². The van der Waals surface area contributed by atoms with Crippen molar-refractivity contribution in [3.8, 4) is 0 Å². The van der Waals surface area contributed by atoms with Gasteiger partial charge in [0.1, 0.15) is 5.76 Å². The Kier molecular flexibility index (Phi) is 4.41. The summed E-state index contributed by atoms with van der Waals surface area (Å²) in [6.45, 7) is 3.86. The van der Waals surface area contributed by atoms with E-state index in [9.17, 15) is 0 Å². The second kappa shape index (κ2) is 6.24. The third kappa shape index (κ3) is 3.60. The van der Waals surface area contributed by atoms with E-state index >= 15 is 0 Å². The Bertz CT molecular complexity index is 599. The minimum atomic E-state index is 0.646. The predicted octanol–water partition coefficient (Wildman–Crippen LogP) is 4.08. The van der Waals surface area contributed by atoms with Crippen LogP contribution in [0.25, 0.3) is 12.2 Å². The Hall–Kier alpha value is -2.29. The van der Waals surface area contributed by atoms with Crippen LogP contribution in [0.2, 0.25) is 0 Å². The van der Waals surface area contributed by atoms with Gasteiger partial charge >= 0.3 is 0 Å². The number of aromatic nitrogens is 1. The number of anilines is 1. The van der Waals surface area contributed by atoms with Gasteiger partial charge in [-0.25, -0.2) is 4.98 Å². The van der Waals surface area contributed by atoms with Gasteiger partial charge in [-0.1, -0.05) is 30.4 Å². The molecule has 104 valence electrons. The van der Waals surface area contributed by atoms with Crippen LogP contribution in [-0.2, 0) is 0 Å². The Balaban J connectivity index is 1.99. The first-order valence-electron chi connectivity index (χ1n) is 6.62. The number of hydrogen-bond acceptors (Lipinski definition) is 3. The van der Waals surface area contributed by atoms with Crippen LogP contribution in [-0.4, -0.2) is 19.1 Å². The molecule has 0 aliphatic rings. The van der Waals surface area contributed by atoms with Crippen LogP contribution in [0.5, 0.6) is 0 Å². The number of allylic oxidation sites excluding steroid dienone is 2. The third-order valence-corrected chi connectivity index (χ3v) is 3.09. The second-order valence-electron chi connectivity index (χ2n) is 4.90. The highest BCUT2D eigenvalue weighted by Crippen LogP contribution is 2.13. The molecule has 1 heterocycles. The molecule has 1 aromatic heterocycles. The van der Waals surface area contributed by atoms with Gasteiger partial charge in [0.15, 0.2) is 0 Å². The van der Waals surface area contributed by atoms with Gasteiger partial charge in [-0.05, 0) is 31.5 Å². The summed E-state index contributed by atoms with van der Waals surface area (Å²) < 4.78 is 5.47. The average molecular weight is 268 g/mol. The summed E-state index contributed by atoms with van der Waals surface area (Å²) in [4.78, 5) is 6.38. The summed E-state index contributed by atoms with van der Waals surface area (Å²) in [6, 6.07) is 8.40. The molecule has 0 amide bonds. The van der Waals surface area contributed by atoms with E-state index in [0.29, 0.717) is 5.89 Å². The van der Waals surface area contributed by atoms with Gasteiger partial charge in [0.05, 0.1) is 5.69 Å². The highest BCUT2D eigenvalue weighted by molar-refractivity contribution is 5.58. The zero-order chi connectivity index (χ0) is 14.5. The van der Waals surface area contributed by atoms with Crippen LogP contribution in [0.1, 0.15) is 22.9 Å². The number of oxazole rings is 1. The molecule has 0 fully saturated rings. The minimum absolute atomic E-state index is 0.646. The minimum Gasteiger partial charge on any atom is -0.442 e. The van der Waals surface area contributed by atoms with Gasteiger partial charge in [0.25, 0.3) is 0 Å². The Morgan fingerprint density at radius 2 is 1.65 bits per heavy atom. The number of aryl methyl sites for hydroxylation is 2. The molecule has 0 saturated carbocycles. The van der Waals surface area contributed by atoms with Crippen molar-refractivity contribution < 1.29 is 4.42 Å². The van der Waals surface area contributed by atoms with Crippen LogP contribution in [0.15, 0.2) is 40.8 Å². The summed E-state index contributed by atoms with van der Waals surface area (Å²) in [6.07, 6.45) is 7.84. The molecule has 0 unspecified atom stereocenters. The van der Waals surface area contributed by atoms with Gasteiger partial charge in [-0.15, -0.1) is 0 Å². The number of nitrogens with zero attached hydrogens (tertiary/aromatic N) is 2. The zero-order valence-corrected chi connectivity index (χ0v) is 12.4. The first-order valence-corrected chi connectivity index (χ1v) is 6.62. The molecule has 3 nitrogen and oxygen atoms in total. The monoisotopic (exact) mass is 268 g/mol. The molecule has 0 saturated heterocycles. The molecular weight excluding hydrogens is 248 g/mol. The highest BCUT2D eigenvalue weighted by atomic mass is 16.4. The van der Waals surface area contributed by atoms with Crippen LogP contribution in [0.3, 0.4) is 0 Å². The summed E-state index contributed by atoms with van der Waals surface area (Å²) in [5, 5.41) is 0. The van der Waals surface area contributed by atoms with Crippen molar-refractivity contribution in [2.45, 2.75) is 13.8 Å². The fraction of sp³-hybridized carbons (Fsp3) is 0.235. The van der Waals surface area contributed by atoms with Crippen molar-refractivity contribution in [3.05, 3.63) is 59.3 Å². The number of rotatable bonds is 4. The van der Waals surface area contributed by atoms with E-state index in [-0.39, 0.29) is 0 Å². The SMILES string of the molecule is Cc1nc(C=CC=Cc2ccc(N(C)C)cc2)oc1C. The molecule has 2 rings (SSSR count). The van der Waals surface area contributed by atoms with Crippen molar-refractivity contribution >= 4 is 17.8 Å². The predicted molar refractivity (Wildman–Crippen MR) is 84.8 cm³/mol. The topological polar surface area (TPSA) is 29.3 Å². The molecule has 1 aromatic carbocycles. The summed E-state index contributed by atoms with van der Waals surface area (Å²) >= 11 is 0. The molecule has 0 N–H and O–H groups in total. The van der Waals surface area contributed by atoms with Crippen molar-refractivity contribution in [2.75, 3.05) is 19.0 Å². The lowest BCUT2D eigenvalue weighted by molar-refractivity contribution is 0.515. The second-order valence-corrected chi connectivity index (χ2v) is 4.90. The Morgan fingerprint density at radius 3 is 2.20 bits per heavy atom. The quantitative estimate of drug-likeness (QED) is 0.782. The van der Waals surface area contributed by atoms with E-state index in [1.807, 2.05) is 46.2 Å². The third-order valence-electron chi connectivity index (χ3n) is 3.09. The first-order chi connectivity index (χ1) is 9.56. The first kappa shape index (κ1) is 14.1. The average Bonchev–Trinajstić information content (AvgIpc) is 2.74. The summed E-state index contributed by atoms with van der Waals surface area (Å²) in [5.41, 5.74) is 3.30. The van der Waals surface area contributed by atoms with E-state index in [2.05, 4.69) is 40.2 Å². The molecule has 0 spiro atoms. The maximum atomic E-state index is 5.47. The molecule has 0 aliphatic carbocycles. The number of hydrogen-bond donors (Lipinski definition) is 0.